The van der Waals surface area contributed by atoms with Gasteiger partial charge in [-0.2, -0.15) is 4.31 Å². The van der Waals surface area contributed by atoms with Crippen molar-refractivity contribution < 1.29 is 23.1 Å². The number of carbonyl (C=O) groups excluding carboxylic acids is 1. The maximum absolute atomic E-state index is 12.3. The summed E-state index contributed by atoms with van der Waals surface area (Å²) in [6, 6.07) is 1.88. The smallest absolute Gasteiger partial charge is 0.326 e. The predicted molar refractivity (Wildman–Crippen MR) is 81.0 cm³/mol. The van der Waals surface area contributed by atoms with Crippen LogP contribution in [0.3, 0.4) is 0 Å². The van der Waals surface area contributed by atoms with Crippen molar-refractivity contribution in [3.05, 3.63) is 24.5 Å². The van der Waals surface area contributed by atoms with Crippen molar-refractivity contribution in [1.29, 1.82) is 0 Å². The minimum Gasteiger partial charge on any atom is -0.480 e. The van der Waals surface area contributed by atoms with Gasteiger partial charge in [0, 0.05) is 19.4 Å². The van der Waals surface area contributed by atoms with Gasteiger partial charge < -0.3 is 10.4 Å². The van der Waals surface area contributed by atoms with Crippen molar-refractivity contribution in [2.24, 2.45) is 5.92 Å². The Balaban J connectivity index is 1.97. The molecule has 0 bridgehead atoms. The van der Waals surface area contributed by atoms with Crippen molar-refractivity contribution >= 4 is 21.9 Å². The zero-order valence-corrected chi connectivity index (χ0v) is 13.5. The average molecular weight is 341 g/mol. The summed E-state index contributed by atoms with van der Waals surface area (Å²) in [4.78, 5) is 26.8. The van der Waals surface area contributed by atoms with Crippen LogP contribution in [0.1, 0.15) is 19.3 Å². The van der Waals surface area contributed by atoms with Crippen LogP contribution in [0.2, 0.25) is 0 Å². The van der Waals surface area contributed by atoms with E-state index in [0.29, 0.717) is 12.3 Å². The van der Waals surface area contributed by atoms with Crippen LogP contribution in [0.25, 0.3) is 0 Å². The molecule has 1 aliphatic carbocycles. The van der Waals surface area contributed by atoms with Crippen molar-refractivity contribution in [1.82, 2.24) is 14.6 Å². The Hall–Kier alpha value is -2.00. The molecule has 1 atom stereocenters. The topological polar surface area (TPSA) is 117 Å². The molecule has 1 amide bonds. The predicted octanol–water partition coefficient (Wildman–Crippen LogP) is 0.0716. The molecule has 0 radical (unpaired) electrons. The summed E-state index contributed by atoms with van der Waals surface area (Å²) in [7, 11) is -2.58. The van der Waals surface area contributed by atoms with Crippen LogP contribution in [0.15, 0.2) is 29.4 Å². The van der Waals surface area contributed by atoms with Crippen molar-refractivity contribution in [2.75, 3.05) is 13.6 Å². The highest BCUT2D eigenvalue weighted by molar-refractivity contribution is 7.89. The van der Waals surface area contributed by atoms with Gasteiger partial charge in [-0.25, -0.2) is 13.2 Å². The standard InChI is InChI=1S/C14H19N3O5S/c1-17(23(21,22)11-3-2-6-15-8-11)9-13(18)16-12(14(19)20)7-10-4-5-10/h2-3,6,8,10,12H,4-5,7,9H2,1H3,(H,16,18)(H,19,20). The first kappa shape index (κ1) is 17.4. The van der Waals surface area contributed by atoms with Gasteiger partial charge in [0.25, 0.3) is 0 Å². The lowest BCUT2D eigenvalue weighted by Crippen LogP contribution is -2.46. The van der Waals surface area contributed by atoms with Crippen LogP contribution in [0.4, 0.5) is 0 Å². The first-order valence-electron chi connectivity index (χ1n) is 7.19. The molecule has 1 aromatic heterocycles. The number of aliphatic carboxylic acids is 1. The molecule has 9 heteroatoms. The highest BCUT2D eigenvalue weighted by Gasteiger charge is 2.31. The number of nitrogens with one attached hydrogen (secondary N) is 1. The van der Waals surface area contributed by atoms with Gasteiger partial charge in [0.15, 0.2) is 0 Å². The maximum Gasteiger partial charge on any atom is 0.326 e. The molecule has 0 aliphatic heterocycles. The minimum absolute atomic E-state index is 0.0249. The van der Waals surface area contributed by atoms with Gasteiger partial charge in [-0.05, 0) is 24.5 Å². The number of nitrogens with zero attached hydrogens (tertiary/aromatic N) is 2. The van der Waals surface area contributed by atoms with Crippen LogP contribution in [0.5, 0.6) is 0 Å². The lowest BCUT2D eigenvalue weighted by atomic mass is 10.1. The SMILES string of the molecule is CN(CC(=O)NC(CC1CC1)C(=O)O)S(=O)(=O)c1cccnc1. The number of amides is 1. The third-order valence-electron chi connectivity index (χ3n) is 3.61. The average Bonchev–Trinajstić information content (AvgIpc) is 3.31. The van der Waals surface area contributed by atoms with E-state index >= 15 is 0 Å². The number of hydrogen-bond acceptors (Lipinski definition) is 5. The van der Waals surface area contributed by atoms with E-state index in [9.17, 15) is 18.0 Å². The lowest BCUT2D eigenvalue weighted by molar-refractivity contribution is -0.142. The summed E-state index contributed by atoms with van der Waals surface area (Å²) < 4.78 is 25.4. The van der Waals surface area contributed by atoms with Crippen LogP contribution >= 0.6 is 0 Å². The molecule has 1 fully saturated rings. The molecule has 1 aliphatic rings. The summed E-state index contributed by atoms with van der Waals surface area (Å²) in [6.45, 7) is -0.453. The fraction of sp³-hybridized carbons (Fsp3) is 0.500. The van der Waals surface area contributed by atoms with Gasteiger partial charge in [-0.1, -0.05) is 12.8 Å². The van der Waals surface area contributed by atoms with Gasteiger partial charge in [0.1, 0.15) is 10.9 Å². The Kier molecular flexibility index (Phi) is 5.32. The van der Waals surface area contributed by atoms with E-state index in [-0.39, 0.29) is 4.90 Å². The van der Waals surface area contributed by atoms with E-state index in [2.05, 4.69) is 10.3 Å². The highest BCUT2D eigenvalue weighted by Crippen LogP contribution is 2.33. The Morgan fingerprint density at radius 2 is 2.17 bits per heavy atom. The van der Waals surface area contributed by atoms with Gasteiger partial charge in [0.05, 0.1) is 6.54 Å². The monoisotopic (exact) mass is 341 g/mol. The number of likely N-dealkylation sites (N-methyl/N-ethyl adjacent to an activating group) is 1. The number of rotatable bonds is 8. The Labute approximate surface area is 134 Å². The van der Waals surface area contributed by atoms with E-state index in [4.69, 9.17) is 5.11 Å². The van der Waals surface area contributed by atoms with Gasteiger partial charge in [-0.15, -0.1) is 0 Å². The molecule has 23 heavy (non-hydrogen) atoms. The molecule has 126 valence electrons. The zero-order valence-electron chi connectivity index (χ0n) is 12.7. The van der Waals surface area contributed by atoms with Crippen LogP contribution in [-0.2, 0) is 19.6 Å². The number of pyridine rings is 1. The first-order valence-corrected chi connectivity index (χ1v) is 8.63. The van der Waals surface area contributed by atoms with E-state index in [1.165, 1.54) is 31.6 Å². The first-order chi connectivity index (χ1) is 10.8. The molecule has 1 saturated carbocycles. The third kappa shape index (κ3) is 4.73. The second-order valence-electron chi connectivity index (χ2n) is 5.59. The fourth-order valence-corrected chi connectivity index (χ4v) is 3.21. The molecular weight excluding hydrogens is 322 g/mol. The number of aromatic nitrogens is 1. The molecule has 8 nitrogen and oxygen atoms in total. The molecule has 2 rings (SSSR count). The van der Waals surface area contributed by atoms with Crippen LogP contribution in [-0.4, -0.2) is 54.3 Å². The lowest BCUT2D eigenvalue weighted by Gasteiger charge is -2.19. The number of carbonyl (C=O) groups is 2. The van der Waals surface area contributed by atoms with Crippen LogP contribution in [0, 0.1) is 5.92 Å². The van der Waals surface area contributed by atoms with E-state index in [0.717, 1.165) is 17.1 Å². The minimum atomic E-state index is -3.84. The maximum atomic E-state index is 12.3. The number of carboxylic acids is 1. The summed E-state index contributed by atoms with van der Waals surface area (Å²) in [5.74, 6) is -1.43. The van der Waals surface area contributed by atoms with E-state index in [1.807, 2.05) is 0 Å². The van der Waals surface area contributed by atoms with Gasteiger partial charge in [0.2, 0.25) is 15.9 Å². The zero-order chi connectivity index (χ0) is 17.0. The second kappa shape index (κ2) is 7.05. The van der Waals surface area contributed by atoms with Gasteiger partial charge in [-0.3, -0.25) is 9.78 Å². The molecule has 0 spiro atoms. The quantitative estimate of drug-likeness (QED) is 0.691. The number of hydrogen-bond donors (Lipinski definition) is 2. The van der Waals surface area contributed by atoms with Gasteiger partial charge >= 0.3 is 5.97 Å². The molecule has 0 saturated heterocycles. The molecule has 0 aromatic carbocycles. The molecule has 1 unspecified atom stereocenters. The second-order valence-corrected chi connectivity index (χ2v) is 7.63. The van der Waals surface area contributed by atoms with Crippen LogP contribution < -0.4 is 5.32 Å². The summed E-state index contributed by atoms with van der Waals surface area (Å²) >= 11 is 0. The van der Waals surface area contributed by atoms with E-state index in [1.54, 1.807) is 0 Å². The third-order valence-corrected chi connectivity index (χ3v) is 5.40. The molecular formula is C14H19N3O5S. The molecule has 1 heterocycles. The largest absolute Gasteiger partial charge is 0.480 e. The fourth-order valence-electron chi connectivity index (χ4n) is 2.12. The summed E-state index contributed by atoms with van der Waals surface area (Å²) in [5.41, 5.74) is 0. The summed E-state index contributed by atoms with van der Waals surface area (Å²) in [5, 5.41) is 11.5. The van der Waals surface area contributed by atoms with Crippen molar-refractivity contribution in [2.45, 2.75) is 30.2 Å². The van der Waals surface area contributed by atoms with Crippen molar-refractivity contribution in [3.63, 3.8) is 0 Å². The Morgan fingerprint density at radius 3 is 2.70 bits per heavy atom. The summed E-state index contributed by atoms with van der Waals surface area (Å²) in [6.07, 6.45) is 4.95. The normalized spacial score (nSPS) is 16.1. The van der Waals surface area contributed by atoms with E-state index < -0.39 is 34.5 Å². The molecule has 2 N–H and O–H groups in total. The Morgan fingerprint density at radius 1 is 1.48 bits per heavy atom. The number of carboxylic acid groups (broad SMARTS) is 1. The van der Waals surface area contributed by atoms with Crippen molar-refractivity contribution in [3.8, 4) is 0 Å². The molecule has 1 aromatic rings. The number of sulfonamides is 1. The Bertz CT molecular complexity index is 673. The highest BCUT2D eigenvalue weighted by atomic mass is 32.2.